The van der Waals surface area contributed by atoms with Crippen LogP contribution in [-0.2, 0) is 4.74 Å². The standard InChI is InChI=1S/C21H25N3O2/c1-16-19(7-8-20(22-16)17-5-3-2-4-6-17)21(25)24-10-9-18(15-24)23-11-13-26-14-12-23/h2-8,18H,9-15H2,1H3. The maximum atomic E-state index is 13.0. The average Bonchev–Trinajstić information content (AvgIpc) is 3.19. The van der Waals surface area contributed by atoms with Crippen LogP contribution in [0.25, 0.3) is 11.3 Å². The lowest BCUT2D eigenvalue weighted by Crippen LogP contribution is -2.45. The van der Waals surface area contributed by atoms with Gasteiger partial charge in [-0.2, -0.15) is 0 Å². The van der Waals surface area contributed by atoms with E-state index in [0.29, 0.717) is 11.6 Å². The summed E-state index contributed by atoms with van der Waals surface area (Å²) < 4.78 is 5.44. The van der Waals surface area contributed by atoms with Gasteiger partial charge in [-0.3, -0.25) is 14.7 Å². The van der Waals surface area contributed by atoms with Crippen molar-refractivity contribution in [3.63, 3.8) is 0 Å². The van der Waals surface area contributed by atoms with Crippen molar-refractivity contribution in [1.82, 2.24) is 14.8 Å². The number of pyridine rings is 1. The summed E-state index contributed by atoms with van der Waals surface area (Å²) in [6.45, 7) is 7.09. The molecule has 2 aliphatic heterocycles. The number of carbonyl (C=O) groups excluding carboxylic acids is 1. The molecular weight excluding hydrogens is 326 g/mol. The predicted molar refractivity (Wildman–Crippen MR) is 101 cm³/mol. The fraction of sp³-hybridized carbons (Fsp3) is 0.429. The predicted octanol–water partition coefficient (Wildman–Crippen LogP) is 2.60. The van der Waals surface area contributed by atoms with Crippen LogP contribution in [0.5, 0.6) is 0 Å². The summed E-state index contributed by atoms with van der Waals surface area (Å²) in [5.41, 5.74) is 3.49. The summed E-state index contributed by atoms with van der Waals surface area (Å²) in [6.07, 6.45) is 1.04. The zero-order chi connectivity index (χ0) is 17.9. The maximum absolute atomic E-state index is 13.0. The molecule has 0 saturated carbocycles. The zero-order valence-electron chi connectivity index (χ0n) is 15.2. The molecule has 26 heavy (non-hydrogen) atoms. The van der Waals surface area contributed by atoms with Crippen molar-refractivity contribution in [1.29, 1.82) is 0 Å². The number of amides is 1. The first-order valence-electron chi connectivity index (χ1n) is 9.36. The molecule has 0 spiro atoms. The summed E-state index contributed by atoms with van der Waals surface area (Å²) in [6, 6.07) is 14.4. The van der Waals surface area contributed by atoms with E-state index in [1.165, 1.54) is 0 Å². The van der Waals surface area contributed by atoms with Crippen LogP contribution in [-0.4, -0.2) is 66.1 Å². The Hall–Kier alpha value is -2.24. The first kappa shape index (κ1) is 17.2. The van der Waals surface area contributed by atoms with Gasteiger partial charge in [0.2, 0.25) is 0 Å². The highest BCUT2D eigenvalue weighted by atomic mass is 16.5. The molecule has 2 saturated heterocycles. The summed E-state index contributed by atoms with van der Waals surface area (Å²) in [5, 5.41) is 0. The number of hydrogen-bond donors (Lipinski definition) is 0. The van der Waals surface area contributed by atoms with Gasteiger partial charge in [-0.15, -0.1) is 0 Å². The van der Waals surface area contributed by atoms with Crippen LogP contribution in [0, 0.1) is 6.92 Å². The lowest BCUT2D eigenvalue weighted by Gasteiger charge is -2.32. The second-order valence-corrected chi connectivity index (χ2v) is 7.04. The monoisotopic (exact) mass is 351 g/mol. The molecule has 1 aromatic carbocycles. The van der Waals surface area contributed by atoms with Crippen LogP contribution < -0.4 is 0 Å². The summed E-state index contributed by atoms with van der Waals surface area (Å²) in [7, 11) is 0. The Morgan fingerprint density at radius 3 is 2.58 bits per heavy atom. The Kier molecular flexibility index (Phi) is 5.00. The highest BCUT2D eigenvalue weighted by Gasteiger charge is 2.32. The number of nitrogens with zero attached hydrogens (tertiary/aromatic N) is 3. The van der Waals surface area contributed by atoms with Crippen LogP contribution in [0.4, 0.5) is 0 Å². The molecule has 4 rings (SSSR count). The van der Waals surface area contributed by atoms with Gasteiger partial charge in [0.1, 0.15) is 0 Å². The first-order valence-corrected chi connectivity index (χ1v) is 9.36. The Morgan fingerprint density at radius 1 is 1.08 bits per heavy atom. The van der Waals surface area contributed by atoms with Gasteiger partial charge in [-0.05, 0) is 25.5 Å². The van der Waals surface area contributed by atoms with Gasteiger partial charge < -0.3 is 9.64 Å². The topological polar surface area (TPSA) is 45.7 Å². The third kappa shape index (κ3) is 3.50. The van der Waals surface area contributed by atoms with Crippen molar-refractivity contribution < 1.29 is 9.53 Å². The van der Waals surface area contributed by atoms with Gasteiger partial charge in [0.15, 0.2) is 0 Å². The number of ether oxygens (including phenoxy) is 1. The Morgan fingerprint density at radius 2 is 1.85 bits per heavy atom. The van der Waals surface area contributed by atoms with Crippen LogP contribution in [0.1, 0.15) is 22.5 Å². The SMILES string of the molecule is Cc1nc(-c2ccccc2)ccc1C(=O)N1CCC(N2CCOCC2)C1. The first-order chi connectivity index (χ1) is 12.7. The summed E-state index contributed by atoms with van der Waals surface area (Å²) >= 11 is 0. The molecule has 2 fully saturated rings. The van der Waals surface area contributed by atoms with E-state index in [9.17, 15) is 4.79 Å². The molecule has 2 aromatic rings. The van der Waals surface area contributed by atoms with Crippen LogP contribution >= 0.6 is 0 Å². The molecule has 0 aliphatic carbocycles. The van der Waals surface area contributed by atoms with Crippen molar-refractivity contribution in [3.05, 3.63) is 53.7 Å². The lowest BCUT2D eigenvalue weighted by atomic mass is 10.1. The number of carbonyl (C=O) groups is 1. The number of aryl methyl sites for hydroxylation is 1. The van der Waals surface area contributed by atoms with E-state index < -0.39 is 0 Å². The van der Waals surface area contributed by atoms with Crippen molar-refractivity contribution in [2.24, 2.45) is 0 Å². The maximum Gasteiger partial charge on any atom is 0.255 e. The van der Waals surface area contributed by atoms with Gasteiger partial charge in [-0.25, -0.2) is 0 Å². The largest absolute Gasteiger partial charge is 0.379 e. The highest BCUT2D eigenvalue weighted by Crippen LogP contribution is 2.22. The minimum atomic E-state index is 0.102. The van der Waals surface area contributed by atoms with Gasteiger partial charge in [0.05, 0.1) is 30.2 Å². The molecule has 1 aromatic heterocycles. The summed E-state index contributed by atoms with van der Waals surface area (Å²) in [5.74, 6) is 0.102. The van der Waals surface area contributed by atoms with Crippen LogP contribution in [0.3, 0.4) is 0 Å². The number of morpholine rings is 1. The van der Waals surface area contributed by atoms with Crippen molar-refractivity contribution in [2.75, 3.05) is 39.4 Å². The molecule has 0 radical (unpaired) electrons. The van der Waals surface area contributed by atoms with Gasteiger partial charge >= 0.3 is 0 Å². The van der Waals surface area contributed by atoms with E-state index in [0.717, 1.165) is 62.8 Å². The molecule has 0 bridgehead atoms. The van der Waals surface area contributed by atoms with Crippen molar-refractivity contribution >= 4 is 5.91 Å². The highest BCUT2D eigenvalue weighted by molar-refractivity contribution is 5.95. The second-order valence-electron chi connectivity index (χ2n) is 7.04. The number of benzene rings is 1. The van der Waals surface area contributed by atoms with Crippen molar-refractivity contribution in [3.8, 4) is 11.3 Å². The second kappa shape index (κ2) is 7.56. The minimum absolute atomic E-state index is 0.102. The molecular formula is C21H25N3O2. The fourth-order valence-electron chi connectivity index (χ4n) is 3.89. The number of rotatable bonds is 3. The molecule has 1 unspecified atom stereocenters. The number of aromatic nitrogens is 1. The average molecular weight is 351 g/mol. The zero-order valence-corrected chi connectivity index (χ0v) is 15.2. The fourth-order valence-corrected chi connectivity index (χ4v) is 3.89. The Labute approximate surface area is 154 Å². The molecule has 3 heterocycles. The van der Waals surface area contributed by atoms with E-state index in [-0.39, 0.29) is 5.91 Å². The van der Waals surface area contributed by atoms with E-state index in [4.69, 9.17) is 4.74 Å². The molecule has 0 N–H and O–H groups in total. The van der Waals surface area contributed by atoms with E-state index >= 15 is 0 Å². The molecule has 1 atom stereocenters. The smallest absolute Gasteiger partial charge is 0.255 e. The summed E-state index contributed by atoms with van der Waals surface area (Å²) in [4.78, 5) is 22.1. The lowest BCUT2D eigenvalue weighted by molar-refractivity contribution is 0.0185. The van der Waals surface area contributed by atoms with E-state index in [1.807, 2.05) is 54.3 Å². The number of hydrogen-bond acceptors (Lipinski definition) is 4. The molecule has 5 nitrogen and oxygen atoms in total. The minimum Gasteiger partial charge on any atom is -0.379 e. The molecule has 136 valence electrons. The Balaban J connectivity index is 1.46. The normalized spacial score (nSPS) is 21.1. The molecule has 1 amide bonds. The van der Waals surface area contributed by atoms with Gasteiger partial charge in [-0.1, -0.05) is 30.3 Å². The van der Waals surface area contributed by atoms with Crippen LogP contribution in [0.2, 0.25) is 0 Å². The van der Waals surface area contributed by atoms with Crippen LogP contribution in [0.15, 0.2) is 42.5 Å². The van der Waals surface area contributed by atoms with Crippen molar-refractivity contribution in [2.45, 2.75) is 19.4 Å². The molecule has 2 aliphatic rings. The number of likely N-dealkylation sites (tertiary alicyclic amines) is 1. The van der Waals surface area contributed by atoms with Gasteiger partial charge in [0.25, 0.3) is 5.91 Å². The van der Waals surface area contributed by atoms with Gasteiger partial charge in [0, 0.05) is 37.8 Å². The molecule has 5 heteroatoms. The quantitative estimate of drug-likeness (QED) is 0.853. The van der Waals surface area contributed by atoms with E-state index in [2.05, 4.69) is 9.88 Å². The Bertz CT molecular complexity index is 772. The third-order valence-electron chi connectivity index (χ3n) is 5.40. The third-order valence-corrected chi connectivity index (χ3v) is 5.40. The van der Waals surface area contributed by atoms with E-state index in [1.54, 1.807) is 0 Å².